The van der Waals surface area contributed by atoms with Gasteiger partial charge in [0.25, 0.3) is 0 Å². The Hall–Kier alpha value is -1.71. The SMILES string of the molecule is COc1c(O)cc(CC(=O)O)c(C)c1C. The van der Waals surface area contributed by atoms with Crippen molar-refractivity contribution in [2.24, 2.45) is 0 Å². The number of carboxylic acid groups (broad SMARTS) is 1. The highest BCUT2D eigenvalue weighted by Crippen LogP contribution is 2.34. The minimum absolute atomic E-state index is 0.0168. The first-order valence-electron chi connectivity index (χ1n) is 4.55. The van der Waals surface area contributed by atoms with E-state index in [1.807, 2.05) is 6.92 Å². The summed E-state index contributed by atoms with van der Waals surface area (Å²) in [4.78, 5) is 10.6. The van der Waals surface area contributed by atoms with Crippen molar-refractivity contribution in [3.8, 4) is 11.5 Å². The van der Waals surface area contributed by atoms with Crippen LogP contribution in [0.5, 0.6) is 11.5 Å². The second-order valence-corrected chi connectivity index (χ2v) is 3.41. The Morgan fingerprint density at radius 3 is 2.47 bits per heavy atom. The predicted octanol–water partition coefficient (Wildman–Crippen LogP) is 1.64. The summed E-state index contributed by atoms with van der Waals surface area (Å²) in [5.74, 6) is -0.527. The molecule has 0 spiro atoms. The first-order chi connectivity index (χ1) is 6.97. The number of ether oxygens (including phenoxy) is 1. The number of aliphatic carboxylic acids is 1. The lowest BCUT2D eigenvalue weighted by Gasteiger charge is -2.13. The zero-order chi connectivity index (χ0) is 11.6. The molecule has 0 atom stereocenters. The quantitative estimate of drug-likeness (QED) is 0.796. The van der Waals surface area contributed by atoms with E-state index in [-0.39, 0.29) is 12.2 Å². The average molecular weight is 210 g/mol. The van der Waals surface area contributed by atoms with Crippen LogP contribution >= 0.6 is 0 Å². The Morgan fingerprint density at radius 1 is 1.40 bits per heavy atom. The molecule has 4 nitrogen and oxygen atoms in total. The lowest BCUT2D eigenvalue weighted by atomic mass is 9.99. The number of benzene rings is 1. The molecule has 2 N–H and O–H groups in total. The number of methoxy groups -OCH3 is 1. The Morgan fingerprint density at radius 2 is 2.00 bits per heavy atom. The second kappa shape index (κ2) is 4.21. The highest BCUT2D eigenvalue weighted by molar-refractivity contribution is 5.72. The minimum atomic E-state index is -0.915. The minimum Gasteiger partial charge on any atom is -0.504 e. The van der Waals surface area contributed by atoms with Crippen molar-refractivity contribution in [3.63, 3.8) is 0 Å². The molecule has 1 aromatic carbocycles. The Balaban J connectivity index is 3.27. The van der Waals surface area contributed by atoms with Crippen LogP contribution in [-0.4, -0.2) is 23.3 Å². The lowest BCUT2D eigenvalue weighted by molar-refractivity contribution is -0.136. The van der Waals surface area contributed by atoms with Crippen LogP contribution in [-0.2, 0) is 11.2 Å². The van der Waals surface area contributed by atoms with Gasteiger partial charge in [0.05, 0.1) is 13.5 Å². The number of phenols is 1. The van der Waals surface area contributed by atoms with Crippen molar-refractivity contribution in [1.82, 2.24) is 0 Å². The van der Waals surface area contributed by atoms with Crippen LogP contribution in [0, 0.1) is 13.8 Å². The van der Waals surface area contributed by atoms with E-state index < -0.39 is 5.97 Å². The normalized spacial score (nSPS) is 10.1. The van der Waals surface area contributed by atoms with Crippen molar-refractivity contribution in [3.05, 3.63) is 22.8 Å². The second-order valence-electron chi connectivity index (χ2n) is 3.41. The maximum atomic E-state index is 10.6. The monoisotopic (exact) mass is 210 g/mol. The highest BCUT2D eigenvalue weighted by Gasteiger charge is 2.14. The van der Waals surface area contributed by atoms with Crippen LogP contribution < -0.4 is 4.74 Å². The fourth-order valence-electron chi connectivity index (χ4n) is 1.55. The Labute approximate surface area is 88.1 Å². The number of rotatable bonds is 3. The van der Waals surface area contributed by atoms with E-state index in [0.29, 0.717) is 11.3 Å². The van der Waals surface area contributed by atoms with Gasteiger partial charge in [-0.15, -0.1) is 0 Å². The molecule has 0 fully saturated rings. The summed E-state index contributed by atoms with van der Waals surface area (Å²) in [5.41, 5.74) is 2.22. The molecular formula is C11H14O4. The molecule has 1 rings (SSSR count). The van der Waals surface area contributed by atoms with E-state index in [1.165, 1.54) is 13.2 Å². The Bertz CT molecular complexity index is 396. The summed E-state index contributed by atoms with van der Waals surface area (Å²) in [5, 5.41) is 18.3. The smallest absolute Gasteiger partial charge is 0.307 e. The summed E-state index contributed by atoms with van der Waals surface area (Å²) in [6, 6.07) is 1.44. The summed E-state index contributed by atoms with van der Waals surface area (Å²) < 4.78 is 5.02. The molecule has 0 aliphatic carbocycles. The molecule has 4 heteroatoms. The van der Waals surface area contributed by atoms with Crippen LogP contribution in [0.25, 0.3) is 0 Å². The fourth-order valence-corrected chi connectivity index (χ4v) is 1.55. The summed E-state index contributed by atoms with van der Waals surface area (Å²) in [7, 11) is 1.47. The van der Waals surface area contributed by atoms with Crippen LogP contribution in [0.1, 0.15) is 16.7 Å². The van der Waals surface area contributed by atoms with Crippen molar-refractivity contribution < 1.29 is 19.7 Å². The summed E-state index contributed by atoms with van der Waals surface area (Å²) in [6.45, 7) is 3.61. The molecule has 0 heterocycles. The van der Waals surface area contributed by atoms with Crippen molar-refractivity contribution in [2.75, 3.05) is 7.11 Å². The molecule has 0 radical (unpaired) electrons. The summed E-state index contributed by atoms with van der Waals surface area (Å²) >= 11 is 0. The first-order valence-corrected chi connectivity index (χ1v) is 4.55. The van der Waals surface area contributed by atoms with Crippen LogP contribution in [0.3, 0.4) is 0 Å². The van der Waals surface area contributed by atoms with E-state index in [4.69, 9.17) is 9.84 Å². The highest BCUT2D eigenvalue weighted by atomic mass is 16.5. The zero-order valence-corrected chi connectivity index (χ0v) is 9.00. The number of carbonyl (C=O) groups is 1. The topological polar surface area (TPSA) is 66.8 Å². The third-order valence-electron chi connectivity index (χ3n) is 2.47. The first kappa shape index (κ1) is 11.4. The van der Waals surface area contributed by atoms with Gasteiger partial charge in [0.1, 0.15) is 0 Å². The predicted molar refractivity (Wildman–Crippen MR) is 55.5 cm³/mol. The molecule has 0 bridgehead atoms. The van der Waals surface area contributed by atoms with Crippen molar-refractivity contribution >= 4 is 5.97 Å². The number of aromatic hydroxyl groups is 1. The van der Waals surface area contributed by atoms with Crippen molar-refractivity contribution in [2.45, 2.75) is 20.3 Å². The Kier molecular flexibility index (Phi) is 3.19. The van der Waals surface area contributed by atoms with E-state index in [1.54, 1.807) is 6.92 Å². The van der Waals surface area contributed by atoms with E-state index in [2.05, 4.69) is 0 Å². The third kappa shape index (κ3) is 2.21. The van der Waals surface area contributed by atoms with E-state index >= 15 is 0 Å². The van der Waals surface area contributed by atoms with Gasteiger partial charge in [-0.25, -0.2) is 0 Å². The van der Waals surface area contributed by atoms with Gasteiger partial charge in [-0.1, -0.05) is 0 Å². The fraction of sp³-hybridized carbons (Fsp3) is 0.364. The van der Waals surface area contributed by atoms with Gasteiger partial charge in [-0.2, -0.15) is 0 Å². The maximum Gasteiger partial charge on any atom is 0.307 e. The number of phenolic OH excluding ortho intramolecular Hbond substituents is 1. The lowest BCUT2D eigenvalue weighted by Crippen LogP contribution is -2.04. The molecule has 0 aliphatic heterocycles. The van der Waals surface area contributed by atoms with Gasteiger partial charge in [0.2, 0.25) is 0 Å². The summed E-state index contributed by atoms with van der Waals surface area (Å²) in [6.07, 6.45) is -0.0930. The molecule has 0 amide bonds. The largest absolute Gasteiger partial charge is 0.504 e. The van der Waals surface area contributed by atoms with Gasteiger partial charge < -0.3 is 14.9 Å². The zero-order valence-electron chi connectivity index (χ0n) is 9.00. The maximum absolute atomic E-state index is 10.6. The number of hydrogen-bond acceptors (Lipinski definition) is 3. The molecule has 0 aliphatic rings. The molecule has 0 unspecified atom stereocenters. The molecule has 0 aromatic heterocycles. The standard InChI is InChI=1S/C11H14O4/c1-6-7(2)11(15-3)9(12)4-8(6)5-10(13)14/h4,12H,5H2,1-3H3,(H,13,14). The van der Waals surface area contributed by atoms with E-state index in [9.17, 15) is 9.90 Å². The molecule has 82 valence electrons. The molecule has 0 saturated heterocycles. The van der Waals surface area contributed by atoms with Gasteiger partial charge >= 0.3 is 5.97 Å². The van der Waals surface area contributed by atoms with Gasteiger partial charge in [-0.3, -0.25) is 4.79 Å². The van der Waals surface area contributed by atoms with Crippen LogP contribution in [0.2, 0.25) is 0 Å². The van der Waals surface area contributed by atoms with Gasteiger partial charge in [0, 0.05) is 0 Å². The van der Waals surface area contributed by atoms with Crippen LogP contribution in [0.4, 0.5) is 0 Å². The number of carboxylic acids is 1. The number of hydrogen-bond donors (Lipinski definition) is 2. The average Bonchev–Trinajstić information content (AvgIpc) is 2.14. The van der Waals surface area contributed by atoms with Crippen LogP contribution in [0.15, 0.2) is 6.07 Å². The van der Waals surface area contributed by atoms with E-state index in [0.717, 1.165) is 11.1 Å². The third-order valence-corrected chi connectivity index (χ3v) is 2.47. The van der Waals surface area contributed by atoms with Gasteiger partial charge in [0.15, 0.2) is 11.5 Å². The molecule has 15 heavy (non-hydrogen) atoms. The molecular weight excluding hydrogens is 196 g/mol. The molecule has 0 saturated carbocycles. The van der Waals surface area contributed by atoms with Gasteiger partial charge in [-0.05, 0) is 36.6 Å². The van der Waals surface area contributed by atoms with Crippen molar-refractivity contribution in [1.29, 1.82) is 0 Å². The molecule has 1 aromatic rings.